The van der Waals surface area contributed by atoms with Crippen LogP contribution in [0.15, 0.2) is 73.4 Å². The molecule has 2 aromatic carbocycles. The Balaban J connectivity index is 1.40. The molecular weight excluding hydrogens is 560 g/mol. The molecule has 0 unspecified atom stereocenters. The second-order valence-corrected chi connectivity index (χ2v) is 11.0. The summed E-state index contributed by atoms with van der Waals surface area (Å²) in [4.78, 5) is 35.6. The van der Waals surface area contributed by atoms with Crippen molar-refractivity contribution in [2.75, 3.05) is 42.3 Å². The fourth-order valence-corrected chi connectivity index (χ4v) is 5.44. The molecule has 0 aliphatic carbocycles. The summed E-state index contributed by atoms with van der Waals surface area (Å²) in [5.41, 5.74) is 4.80. The van der Waals surface area contributed by atoms with Crippen LogP contribution in [0.4, 0.5) is 22.3 Å². The number of rotatable bonds is 9. The van der Waals surface area contributed by atoms with Crippen molar-refractivity contribution < 1.29 is 19.3 Å². The van der Waals surface area contributed by atoms with Crippen LogP contribution in [0.1, 0.15) is 20.8 Å². The van der Waals surface area contributed by atoms with Crippen LogP contribution < -0.4 is 20.9 Å². The van der Waals surface area contributed by atoms with Crippen LogP contribution in [0.25, 0.3) is 11.3 Å². The van der Waals surface area contributed by atoms with Gasteiger partial charge in [-0.15, -0.1) is 0 Å². The quantitative estimate of drug-likeness (QED) is 0.221. The van der Waals surface area contributed by atoms with E-state index in [-0.39, 0.29) is 11.8 Å². The maximum atomic E-state index is 13.0. The Kier molecular flexibility index (Phi) is 9.05. The number of benzene rings is 2. The second kappa shape index (κ2) is 13.0. The number of hydrogen-bond donors (Lipinski definition) is 3. The number of aryl methyl sites for hydroxylation is 1. The fourth-order valence-electron chi connectivity index (χ4n) is 4.41. The van der Waals surface area contributed by atoms with E-state index in [4.69, 9.17) is 21.3 Å². The van der Waals surface area contributed by atoms with Crippen LogP contribution in [-0.4, -0.2) is 48.0 Å². The van der Waals surface area contributed by atoms with Crippen LogP contribution in [0, 0.1) is 6.92 Å². The third-order valence-corrected chi connectivity index (χ3v) is 7.74. The Morgan fingerprint density at radius 1 is 1.15 bits per heavy atom. The molecule has 1 aliphatic heterocycles. The maximum Gasteiger partial charge on any atom is 0.338 e. The summed E-state index contributed by atoms with van der Waals surface area (Å²) in [5, 5.41) is 10.2. The molecule has 0 atom stereocenters. The summed E-state index contributed by atoms with van der Waals surface area (Å²) in [7, 11) is 0. The number of carbonyl (C=O) groups is 2. The molecular formula is C30H30ClN6O3S+. The van der Waals surface area contributed by atoms with Gasteiger partial charge in [0.15, 0.2) is 0 Å². The number of nitrogens with one attached hydrogen (secondary N) is 4. The number of thiazole rings is 1. The number of amides is 2. The van der Waals surface area contributed by atoms with Gasteiger partial charge in [-0.25, -0.2) is 15.3 Å². The van der Waals surface area contributed by atoms with Gasteiger partial charge in [0.25, 0.3) is 5.91 Å². The zero-order valence-corrected chi connectivity index (χ0v) is 24.1. The van der Waals surface area contributed by atoms with Crippen LogP contribution in [0.2, 0.25) is 5.02 Å². The summed E-state index contributed by atoms with van der Waals surface area (Å²) in [6.45, 7) is 9.26. The van der Waals surface area contributed by atoms with E-state index in [1.54, 1.807) is 12.3 Å². The number of morpholine rings is 1. The van der Waals surface area contributed by atoms with E-state index >= 15 is 0 Å². The Morgan fingerprint density at radius 3 is 2.73 bits per heavy atom. The molecule has 210 valence electrons. The van der Waals surface area contributed by atoms with Gasteiger partial charge in [-0.05, 0) is 59.7 Å². The van der Waals surface area contributed by atoms with Crippen molar-refractivity contribution in [2.45, 2.75) is 13.5 Å². The lowest BCUT2D eigenvalue weighted by Gasteiger charge is -2.26. The van der Waals surface area contributed by atoms with Crippen LogP contribution in [-0.2, 0) is 16.1 Å². The molecule has 2 aromatic heterocycles. The van der Waals surface area contributed by atoms with Gasteiger partial charge in [0.1, 0.15) is 11.1 Å². The number of carbonyl (C=O) groups excluding carboxylic acids is 2. The molecule has 4 aromatic rings. The maximum absolute atomic E-state index is 13.0. The zero-order chi connectivity index (χ0) is 28.8. The largest absolute Gasteiger partial charge is 0.379 e. The molecule has 0 saturated carbocycles. The SMILES string of the molecule is C=CC(=O)Nc1cccc(-c2cc(CN3CCOCC3)cc(Nc3[nH+]cc(C(=O)Nc4c(C)cccc4Cl)s3)n2)c1. The molecule has 41 heavy (non-hydrogen) atoms. The first-order chi connectivity index (χ1) is 19.9. The van der Waals surface area contributed by atoms with Gasteiger partial charge in [-0.2, -0.15) is 0 Å². The van der Waals surface area contributed by atoms with Crippen LogP contribution in [0.3, 0.4) is 0 Å². The van der Waals surface area contributed by atoms with Gasteiger partial charge >= 0.3 is 5.13 Å². The molecule has 0 spiro atoms. The molecule has 9 nitrogen and oxygen atoms in total. The summed E-state index contributed by atoms with van der Waals surface area (Å²) >= 11 is 7.57. The summed E-state index contributed by atoms with van der Waals surface area (Å²) in [6.07, 6.45) is 2.89. The number of aromatic nitrogens is 2. The minimum Gasteiger partial charge on any atom is -0.379 e. The predicted molar refractivity (Wildman–Crippen MR) is 163 cm³/mol. The highest BCUT2D eigenvalue weighted by molar-refractivity contribution is 7.17. The van der Waals surface area contributed by atoms with Crippen molar-refractivity contribution in [3.05, 3.63) is 94.5 Å². The van der Waals surface area contributed by atoms with E-state index < -0.39 is 0 Å². The van der Waals surface area contributed by atoms with Crippen LogP contribution >= 0.6 is 22.9 Å². The lowest BCUT2D eigenvalue weighted by molar-refractivity contribution is -0.354. The lowest BCUT2D eigenvalue weighted by Crippen LogP contribution is -2.35. The van der Waals surface area contributed by atoms with Gasteiger partial charge in [-0.3, -0.25) is 14.5 Å². The Labute approximate surface area is 247 Å². The highest BCUT2D eigenvalue weighted by atomic mass is 35.5. The van der Waals surface area contributed by atoms with E-state index in [1.807, 2.05) is 49.4 Å². The van der Waals surface area contributed by atoms with Crippen molar-refractivity contribution in [3.8, 4) is 11.3 Å². The molecule has 0 bridgehead atoms. The lowest BCUT2D eigenvalue weighted by atomic mass is 10.1. The number of hydrogen-bond acceptors (Lipinski definition) is 7. The number of pyridine rings is 1. The molecule has 4 N–H and O–H groups in total. The zero-order valence-electron chi connectivity index (χ0n) is 22.5. The monoisotopic (exact) mass is 589 g/mol. The minimum atomic E-state index is -0.281. The number of aromatic amines is 1. The summed E-state index contributed by atoms with van der Waals surface area (Å²) in [5.74, 6) is 0.0817. The normalized spacial score (nSPS) is 13.4. The standard InChI is InChI=1S/C30H29ClN6O3S/c1-3-27(38)33-22-8-5-7-21(16-22)24-14-20(18-37-10-12-40-13-11-37)15-26(34-24)35-30-32-17-25(41-30)29(39)36-28-19(2)6-4-9-23(28)31/h3-9,14-17H,1,10-13,18H2,2H3,(H,33,38)(H,36,39)(H,32,34,35)/p+1. The number of H-pyrrole nitrogens is 1. The van der Waals surface area contributed by atoms with E-state index in [2.05, 4.69) is 38.5 Å². The first-order valence-electron chi connectivity index (χ1n) is 13.1. The molecule has 1 saturated heterocycles. The number of anilines is 4. The fraction of sp³-hybridized carbons (Fsp3) is 0.200. The smallest absolute Gasteiger partial charge is 0.338 e. The third kappa shape index (κ3) is 7.36. The molecule has 5 rings (SSSR count). The van der Waals surface area contributed by atoms with Crippen LogP contribution in [0.5, 0.6) is 0 Å². The minimum absolute atomic E-state index is 0.261. The Hall–Kier alpha value is -4.09. The number of para-hydroxylation sites is 1. The Bertz CT molecular complexity index is 1560. The van der Waals surface area contributed by atoms with E-state index in [0.717, 1.165) is 42.0 Å². The van der Waals surface area contributed by atoms with Gasteiger partial charge < -0.3 is 15.4 Å². The number of ether oxygens (including phenoxy) is 1. The topological polar surface area (TPSA) is 110 Å². The average molecular weight is 590 g/mol. The summed E-state index contributed by atoms with van der Waals surface area (Å²) < 4.78 is 5.51. The molecule has 11 heteroatoms. The average Bonchev–Trinajstić information content (AvgIpc) is 3.44. The molecule has 1 aliphatic rings. The Morgan fingerprint density at radius 2 is 1.95 bits per heavy atom. The molecule has 0 radical (unpaired) electrons. The first-order valence-corrected chi connectivity index (χ1v) is 14.3. The van der Waals surface area contributed by atoms with Gasteiger partial charge in [0.2, 0.25) is 11.7 Å². The van der Waals surface area contributed by atoms with Crippen molar-refractivity contribution in [1.29, 1.82) is 0 Å². The summed E-state index contributed by atoms with van der Waals surface area (Å²) in [6, 6.07) is 17.1. The number of nitrogens with zero attached hydrogens (tertiary/aromatic N) is 2. The van der Waals surface area contributed by atoms with Crippen molar-refractivity contribution in [1.82, 2.24) is 9.88 Å². The first kappa shape index (κ1) is 28.4. The van der Waals surface area contributed by atoms with Crippen molar-refractivity contribution in [3.63, 3.8) is 0 Å². The van der Waals surface area contributed by atoms with Gasteiger partial charge in [0, 0.05) is 37.0 Å². The highest BCUT2D eigenvalue weighted by Gasteiger charge is 2.19. The second-order valence-electron chi connectivity index (χ2n) is 9.50. The van der Waals surface area contributed by atoms with Gasteiger partial charge in [0.05, 0.1) is 29.6 Å². The van der Waals surface area contributed by atoms with Crippen molar-refractivity contribution >= 4 is 57.1 Å². The van der Waals surface area contributed by atoms with E-state index in [9.17, 15) is 9.59 Å². The highest BCUT2D eigenvalue weighted by Crippen LogP contribution is 2.29. The molecule has 2 amide bonds. The number of halogens is 1. The van der Waals surface area contributed by atoms with E-state index in [1.165, 1.54) is 17.4 Å². The predicted octanol–water partition coefficient (Wildman–Crippen LogP) is 5.54. The molecule has 1 fully saturated rings. The van der Waals surface area contributed by atoms with E-state index in [0.29, 0.717) is 45.4 Å². The van der Waals surface area contributed by atoms with Gasteiger partial charge in [-0.1, -0.05) is 42.4 Å². The van der Waals surface area contributed by atoms with Crippen molar-refractivity contribution in [2.24, 2.45) is 0 Å². The molecule has 3 heterocycles. The third-order valence-electron chi connectivity index (χ3n) is 6.48.